The molecule has 0 fully saturated rings. The SMILES string of the molecule is Cc1ccc(-c2ccc(N)c(NN)n2)cc1C(=O)Nc1ccc(COCc2ccccc2)cc1. The first-order chi connectivity index (χ1) is 16.5. The third-order valence-electron chi connectivity index (χ3n) is 5.43. The van der Waals surface area contributed by atoms with Gasteiger partial charge in [-0.05, 0) is 53.9 Å². The van der Waals surface area contributed by atoms with E-state index >= 15 is 0 Å². The minimum Gasteiger partial charge on any atom is -0.396 e. The zero-order valence-corrected chi connectivity index (χ0v) is 18.9. The van der Waals surface area contributed by atoms with Gasteiger partial charge in [-0.1, -0.05) is 54.6 Å². The molecule has 0 bridgehead atoms. The number of ether oxygens (including phenoxy) is 1. The van der Waals surface area contributed by atoms with E-state index in [4.69, 9.17) is 16.3 Å². The number of hydrazine groups is 1. The van der Waals surface area contributed by atoms with Crippen LogP contribution in [0.3, 0.4) is 0 Å². The second-order valence-electron chi connectivity index (χ2n) is 7.94. The lowest BCUT2D eigenvalue weighted by atomic mass is 10.0. The molecule has 0 radical (unpaired) electrons. The summed E-state index contributed by atoms with van der Waals surface area (Å²) >= 11 is 0. The fraction of sp³-hybridized carbons (Fsp3) is 0.111. The number of nitrogens with zero attached hydrogens (tertiary/aromatic N) is 1. The lowest BCUT2D eigenvalue weighted by molar-refractivity contribution is 0.102. The van der Waals surface area contributed by atoms with Crippen molar-refractivity contribution in [3.63, 3.8) is 0 Å². The Hall–Kier alpha value is -4.20. The van der Waals surface area contributed by atoms with Crippen molar-refractivity contribution in [1.82, 2.24) is 4.98 Å². The molecule has 7 nitrogen and oxygen atoms in total. The number of aryl methyl sites for hydroxylation is 1. The summed E-state index contributed by atoms with van der Waals surface area (Å²) in [5.41, 5.74) is 14.5. The number of carbonyl (C=O) groups is 1. The molecule has 4 rings (SSSR count). The summed E-state index contributed by atoms with van der Waals surface area (Å²) in [4.78, 5) is 17.4. The van der Waals surface area contributed by atoms with E-state index in [1.54, 1.807) is 12.1 Å². The fourth-order valence-electron chi connectivity index (χ4n) is 3.52. The van der Waals surface area contributed by atoms with Gasteiger partial charge in [0, 0.05) is 16.8 Å². The molecule has 0 aliphatic rings. The van der Waals surface area contributed by atoms with Crippen LogP contribution >= 0.6 is 0 Å². The van der Waals surface area contributed by atoms with Crippen molar-refractivity contribution in [2.24, 2.45) is 5.84 Å². The highest BCUT2D eigenvalue weighted by atomic mass is 16.5. The Balaban J connectivity index is 1.41. The summed E-state index contributed by atoms with van der Waals surface area (Å²) in [6, 6.07) is 26.8. The normalized spacial score (nSPS) is 10.6. The number of pyridine rings is 1. The van der Waals surface area contributed by atoms with E-state index in [1.165, 1.54) is 0 Å². The second-order valence-corrected chi connectivity index (χ2v) is 7.94. The van der Waals surface area contributed by atoms with Crippen LogP contribution in [0.5, 0.6) is 0 Å². The number of nitrogens with one attached hydrogen (secondary N) is 2. The second kappa shape index (κ2) is 10.6. The summed E-state index contributed by atoms with van der Waals surface area (Å²) in [5, 5.41) is 2.97. The number of benzene rings is 3. The van der Waals surface area contributed by atoms with E-state index in [9.17, 15) is 4.79 Å². The molecule has 3 aromatic carbocycles. The van der Waals surface area contributed by atoms with Gasteiger partial charge in [-0.3, -0.25) is 4.79 Å². The number of anilines is 3. The molecule has 0 unspecified atom stereocenters. The van der Waals surface area contributed by atoms with Crippen LogP contribution < -0.4 is 22.3 Å². The first-order valence-electron chi connectivity index (χ1n) is 10.9. The predicted octanol–water partition coefficient (Wildman–Crippen LogP) is 4.89. The van der Waals surface area contributed by atoms with Gasteiger partial charge in [0.25, 0.3) is 5.91 Å². The summed E-state index contributed by atoms with van der Waals surface area (Å²) < 4.78 is 5.78. The van der Waals surface area contributed by atoms with Crippen LogP contribution in [0.1, 0.15) is 27.0 Å². The van der Waals surface area contributed by atoms with Gasteiger partial charge in [0.1, 0.15) is 0 Å². The molecule has 172 valence electrons. The first kappa shape index (κ1) is 23.0. The molecule has 0 aliphatic heterocycles. The number of hydrogen-bond acceptors (Lipinski definition) is 6. The molecular formula is C27H27N5O2. The van der Waals surface area contributed by atoms with Gasteiger partial charge < -0.3 is 21.2 Å². The summed E-state index contributed by atoms with van der Waals surface area (Å²) in [6.45, 7) is 2.95. The topological polar surface area (TPSA) is 115 Å². The quantitative estimate of drug-likeness (QED) is 0.223. The minimum atomic E-state index is -0.194. The van der Waals surface area contributed by atoms with Gasteiger partial charge in [-0.2, -0.15) is 0 Å². The summed E-state index contributed by atoms with van der Waals surface area (Å²) in [5.74, 6) is 5.68. The highest BCUT2D eigenvalue weighted by molar-refractivity contribution is 6.06. The van der Waals surface area contributed by atoms with Crippen molar-refractivity contribution in [2.45, 2.75) is 20.1 Å². The molecule has 1 heterocycles. The number of nitrogen functional groups attached to an aromatic ring is 2. The van der Waals surface area contributed by atoms with Gasteiger partial charge in [-0.25, -0.2) is 10.8 Å². The monoisotopic (exact) mass is 453 g/mol. The van der Waals surface area contributed by atoms with Crippen LogP contribution in [0.15, 0.2) is 84.9 Å². The standard InChI is InChI=1S/C27H27N5O2/c1-18-7-10-21(25-14-13-24(28)26(31-25)32-29)15-23(18)27(33)30-22-11-8-20(9-12-22)17-34-16-19-5-3-2-4-6-19/h2-15H,16-17,28-29H2,1H3,(H,30,33)(H,31,32). The summed E-state index contributed by atoms with van der Waals surface area (Å²) in [7, 11) is 0. The zero-order valence-electron chi connectivity index (χ0n) is 18.9. The predicted molar refractivity (Wildman–Crippen MR) is 136 cm³/mol. The summed E-state index contributed by atoms with van der Waals surface area (Å²) in [6.07, 6.45) is 0. The largest absolute Gasteiger partial charge is 0.396 e. The van der Waals surface area contributed by atoms with E-state index in [0.717, 1.165) is 22.3 Å². The van der Waals surface area contributed by atoms with Crippen molar-refractivity contribution in [2.75, 3.05) is 16.5 Å². The molecule has 0 saturated heterocycles. The van der Waals surface area contributed by atoms with Crippen LogP contribution in [0, 0.1) is 6.92 Å². The lowest BCUT2D eigenvalue weighted by Gasteiger charge is -2.12. The van der Waals surface area contributed by atoms with E-state index < -0.39 is 0 Å². The third-order valence-corrected chi connectivity index (χ3v) is 5.43. The van der Waals surface area contributed by atoms with Gasteiger partial charge in [-0.15, -0.1) is 0 Å². The molecule has 0 spiro atoms. The first-order valence-corrected chi connectivity index (χ1v) is 10.9. The molecule has 4 aromatic rings. The van der Waals surface area contributed by atoms with Crippen LogP contribution in [0.25, 0.3) is 11.3 Å². The average Bonchev–Trinajstić information content (AvgIpc) is 2.86. The molecule has 1 aromatic heterocycles. The fourth-order valence-corrected chi connectivity index (χ4v) is 3.52. The number of rotatable bonds is 8. The van der Waals surface area contributed by atoms with Gasteiger partial charge in [0.05, 0.1) is 24.6 Å². The number of aromatic nitrogens is 1. The Bertz CT molecular complexity index is 1270. The maximum Gasteiger partial charge on any atom is 0.255 e. The van der Waals surface area contributed by atoms with E-state index in [1.807, 2.05) is 79.7 Å². The lowest BCUT2D eigenvalue weighted by Crippen LogP contribution is -2.14. The molecule has 0 saturated carbocycles. The van der Waals surface area contributed by atoms with Crippen LogP contribution in [0.2, 0.25) is 0 Å². The average molecular weight is 454 g/mol. The van der Waals surface area contributed by atoms with E-state index in [0.29, 0.717) is 41.7 Å². The molecule has 34 heavy (non-hydrogen) atoms. The molecule has 1 amide bonds. The van der Waals surface area contributed by atoms with Gasteiger partial charge >= 0.3 is 0 Å². The minimum absolute atomic E-state index is 0.194. The third kappa shape index (κ3) is 5.58. The molecule has 0 aliphatic carbocycles. The number of hydrogen-bond donors (Lipinski definition) is 4. The Morgan fingerprint density at radius 2 is 1.62 bits per heavy atom. The van der Waals surface area contributed by atoms with Crippen LogP contribution in [-0.2, 0) is 18.0 Å². The van der Waals surface area contributed by atoms with Crippen LogP contribution in [-0.4, -0.2) is 10.9 Å². The highest BCUT2D eigenvalue weighted by Gasteiger charge is 2.13. The molecular weight excluding hydrogens is 426 g/mol. The van der Waals surface area contributed by atoms with Crippen molar-refractivity contribution in [1.29, 1.82) is 0 Å². The van der Waals surface area contributed by atoms with Gasteiger partial charge in [0.2, 0.25) is 0 Å². The maximum atomic E-state index is 13.0. The van der Waals surface area contributed by atoms with E-state index in [2.05, 4.69) is 15.7 Å². The Labute approximate surface area is 198 Å². The van der Waals surface area contributed by atoms with Gasteiger partial charge in [0.15, 0.2) is 5.82 Å². The zero-order chi connectivity index (χ0) is 23.9. The van der Waals surface area contributed by atoms with Crippen molar-refractivity contribution >= 4 is 23.1 Å². The smallest absolute Gasteiger partial charge is 0.255 e. The Morgan fingerprint density at radius 3 is 2.32 bits per heavy atom. The van der Waals surface area contributed by atoms with Crippen molar-refractivity contribution in [3.8, 4) is 11.3 Å². The molecule has 6 N–H and O–H groups in total. The van der Waals surface area contributed by atoms with Crippen molar-refractivity contribution < 1.29 is 9.53 Å². The highest BCUT2D eigenvalue weighted by Crippen LogP contribution is 2.25. The van der Waals surface area contributed by atoms with Crippen LogP contribution in [0.4, 0.5) is 17.2 Å². The number of amides is 1. The Morgan fingerprint density at radius 1 is 0.912 bits per heavy atom. The Kier molecular flexibility index (Phi) is 7.17. The molecule has 7 heteroatoms. The maximum absolute atomic E-state index is 13.0. The number of carbonyl (C=O) groups excluding carboxylic acids is 1. The van der Waals surface area contributed by atoms with Crippen molar-refractivity contribution in [3.05, 3.63) is 107 Å². The molecule has 0 atom stereocenters. The van der Waals surface area contributed by atoms with E-state index in [-0.39, 0.29) is 5.91 Å². The number of nitrogens with two attached hydrogens (primary N) is 2.